The normalized spacial score (nSPS) is 42.2. The molecule has 2 aliphatic heterocycles. The molecule has 2 saturated heterocycles. The third kappa shape index (κ3) is 3.25. The molecule has 2 fully saturated rings. The molecule has 0 aromatic carbocycles. The zero-order valence-corrected chi connectivity index (χ0v) is 12.4. The lowest BCUT2D eigenvalue weighted by atomic mass is 9.76. The molecule has 16 heavy (non-hydrogen) atoms. The van der Waals surface area contributed by atoms with Crippen molar-refractivity contribution in [2.45, 2.75) is 26.3 Å². The van der Waals surface area contributed by atoms with E-state index < -0.39 is 0 Å². The van der Waals surface area contributed by atoms with E-state index in [-0.39, 0.29) is 24.8 Å². The Morgan fingerprint density at radius 3 is 2.19 bits per heavy atom. The Balaban J connectivity index is 0.00000112. The second-order valence-electron chi connectivity index (χ2n) is 6.05. The van der Waals surface area contributed by atoms with Crippen LogP contribution < -0.4 is 34.6 Å². The minimum absolute atomic E-state index is 0. The SMILES string of the molecule is CC(C)C1C2CC(C[NH+](C)C2)C[NH+]1C.[Cl-].[Cl-]. The van der Waals surface area contributed by atoms with Gasteiger partial charge in [0.25, 0.3) is 0 Å². The van der Waals surface area contributed by atoms with Gasteiger partial charge in [-0.2, -0.15) is 0 Å². The fourth-order valence-corrected chi connectivity index (χ4v) is 4.15. The van der Waals surface area contributed by atoms with Crippen LogP contribution >= 0.6 is 0 Å². The number of fused-ring (bicyclic) bond motifs is 2. The Morgan fingerprint density at radius 1 is 1.00 bits per heavy atom. The van der Waals surface area contributed by atoms with Crippen LogP contribution in [0.25, 0.3) is 0 Å². The highest BCUT2D eigenvalue weighted by atomic mass is 35.5. The van der Waals surface area contributed by atoms with Crippen LogP contribution in [0.1, 0.15) is 20.3 Å². The summed E-state index contributed by atoms with van der Waals surface area (Å²) in [6.07, 6.45) is 1.51. The monoisotopic (exact) mass is 268 g/mol. The van der Waals surface area contributed by atoms with Gasteiger partial charge in [0.1, 0.15) is 0 Å². The van der Waals surface area contributed by atoms with Gasteiger partial charge in [-0.15, -0.1) is 0 Å². The maximum Gasteiger partial charge on any atom is 0.0978 e. The standard InChI is InChI=1S/C12H24N2.2ClH/c1-9(2)12-11-5-10(7-14(12)4)6-13(3)8-11;;/h9-12H,5-8H2,1-4H3;2*1H. The van der Waals surface area contributed by atoms with Gasteiger partial charge in [0.05, 0.1) is 51.6 Å². The van der Waals surface area contributed by atoms with Crippen LogP contribution in [0.15, 0.2) is 0 Å². The second-order valence-corrected chi connectivity index (χ2v) is 6.05. The molecule has 2 rings (SSSR count). The second kappa shape index (κ2) is 6.44. The summed E-state index contributed by atoms with van der Waals surface area (Å²) in [5, 5.41) is 0. The van der Waals surface area contributed by atoms with E-state index in [1.165, 1.54) is 26.1 Å². The first-order valence-electron chi connectivity index (χ1n) is 6.21. The highest BCUT2D eigenvalue weighted by molar-refractivity contribution is 4.80. The lowest BCUT2D eigenvalue weighted by Crippen LogP contribution is -3.22. The molecule has 2 aliphatic rings. The van der Waals surface area contributed by atoms with Crippen molar-refractivity contribution in [2.75, 3.05) is 33.7 Å². The summed E-state index contributed by atoms with van der Waals surface area (Å²) in [7, 11) is 4.78. The van der Waals surface area contributed by atoms with Crippen molar-refractivity contribution in [1.29, 1.82) is 0 Å². The average molecular weight is 269 g/mol. The van der Waals surface area contributed by atoms with Crippen LogP contribution in [-0.4, -0.2) is 39.8 Å². The Labute approximate surface area is 113 Å². The number of halogens is 2. The van der Waals surface area contributed by atoms with E-state index in [2.05, 4.69) is 27.9 Å². The summed E-state index contributed by atoms with van der Waals surface area (Å²) >= 11 is 0. The molecule has 0 saturated carbocycles. The van der Waals surface area contributed by atoms with Gasteiger partial charge in [0.2, 0.25) is 0 Å². The molecule has 2 nitrogen and oxygen atoms in total. The number of quaternary nitrogens is 2. The number of likely N-dealkylation sites (tertiary alicyclic amines) is 2. The van der Waals surface area contributed by atoms with Gasteiger partial charge in [-0.3, -0.25) is 0 Å². The largest absolute Gasteiger partial charge is 1.00 e. The van der Waals surface area contributed by atoms with Crippen molar-refractivity contribution in [3.63, 3.8) is 0 Å². The predicted molar refractivity (Wildman–Crippen MR) is 58.6 cm³/mol. The highest BCUT2D eigenvalue weighted by Crippen LogP contribution is 2.23. The Bertz CT molecular complexity index is 207. The first-order valence-corrected chi connectivity index (χ1v) is 6.21. The summed E-state index contributed by atoms with van der Waals surface area (Å²) in [5.74, 6) is 2.85. The minimum Gasteiger partial charge on any atom is -1.00 e. The third-order valence-corrected chi connectivity index (χ3v) is 4.29. The summed E-state index contributed by atoms with van der Waals surface area (Å²) in [6, 6.07) is 0.918. The fourth-order valence-electron chi connectivity index (χ4n) is 4.15. The topological polar surface area (TPSA) is 8.88 Å². The van der Waals surface area contributed by atoms with Gasteiger partial charge >= 0.3 is 0 Å². The molecule has 2 N–H and O–H groups in total. The van der Waals surface area contributed by atoms with Gasteiger partial charge in [0, 0.05) is 5.92 Å². The Morgan fingerprint density at radius 2 is 1.62 bits per heavy atom. The Kier molecular flexibility index (Phi) is 6.64. The van der Waals surface area contributed by atoms with Gasteiger partial charge in [-0.25, -0.2) is 0 Å². The van der Waals surface area contributed by atoms with Crippen molar-refractivity contribution < 1.29 is 34.6 Å². The maximum absolute atomic E-state index is 2.41. The van der Waals surface area contributed by atoms with Crippen LogP contribution in [0.3, 0.4) is 0 Å². The van der Waals surface area contributed by atoms with Crippen molar-refractivity contribution in [1.82, 2.24) is 0 Å². The molecular weight excluding hydrogens is 243 g/mol. The molecule has 0 radical (unpaired) electrons. The third-order valence-electron chi connectivity index (χ3n) is 4.29. The average Bonchev–Trinajstić information content (AvgIpc) is 1.99. The first-order chi connectivity index (χ1) is 6.58. The zero-order valence-electron chi connectivity index (χ0n) is 10.9. The van der Waals surface area contributed by atoms with Crippen molar-refractivity contribution in [2.24, 2.45) is 17.8 Å². The molecular formula is C12H26Cl2N2. The molecule has 0 aliphatic carbocycles. The molecule has 98 valence electrons. The van der Waals surface area contributed by atoms with E-state index in [0.717, 1.165) is 23.8 Å². The summed E-state index contributed by atoms with van der Waals surface area (Å²) in [5.41, 5.74) is 0. The van der Waals surface area contributed by atoms with Crippen molar-refractivity contribution in [3.05, 3.63) is 0 Å². The van der Waals surface area contributed by atoms with E-state index in [0.29, 0.717) is 0 Å². The lowest BCUT2D eigenvalue weighted by molar-refractivity contribution is -0.960. The number of hydrogen-bond donors (Lipinski definition) is 2. The number of hydrogen-bond acceptors (Lipinski definition) is 0. The van der Waals surface area contributed by atoms with Gasteiger partial charge in [-0.1, -0.05) is 13.8 Å². The zero-order chi connectivity index (χ0) is 10.3. The van der Waals surface area contributed by atoms with Gasteiger partial charge in [0.15, 0.2) is 0 Å². The molecule has 4 heteroatoms. The lowest BCUT2D eigenvalue weighted by Gasteiger charge is -2.45. The summed E-state index contributed by atoms with van der Waals surface area (Å²) < 4.78 is 0. The Hall–Kier alpha value is 0.500. The molecule has 0 aromatic rings. The van der Waals surface area contributed by atoms with Crippen LogP contribution in [0.2, 0.25) is 0 Å². The van der Waals surface area contributed by atoms with Crippen molar-refractivity contribution in [3.8, 4) is 0 Å². The molecule has 5 atom stereocenters. The highest BCUT2D eigenvalue weighted by Gasteiger charge is 2.44. The van der Waals surface area contributed by atoms with Crippen LogP contribution in [0, 0.1) is 17.8 Å². The molecule has 0 amide bonds. The van der Waals surface area contributed by atoms with Crippen LogP contribution in [0.5, 0.6) is 0 Å². The number of rotatable bonds is 1. The van der Waals surface area contributed by atoms with E-state index >= 15 is 0 Å². The molecule has 0 spiro atoms. The molecule has 5 unspecified atom stereocenters. The first kappa shape index (κ1) is 16.5. The number of piperidine rings is 2. The van der Waals surface area contributed by atoms with Crippen LogP contribution in [-0.2, 0) is 0 Å². The summed E-state index contributed by atoms with van der Waals surface area (Å²) in [4.78, 5) is 3.57. The van der Waals surface area contributed by atoms with Crippen LogP contribution in [0.4, 0.5) is 0 Å². The predicted octanol–water partition coefficient (Wildman–Crippen LogP) is -7.30. The summed E-state index contributed by atoms with van der Waals surface area (Å²) in [6.45, 7) is 9.04. The van der Waals surface area contributed by atoms with E-state index in [9.17, 15) is 0 Å². The molecule has 2 bridgehead atoms. The van der Waals surface area contributed by atoms with E-state index in [4.69, 9.17) is 0 Å². The minimum atomic E-state index is 0. The quantitative estimate of drug-likeness (QED) is 0.468. The van der Waals surface area contributed by atoms with E-state index in [1.807, 2.05) is 0 Å². The smallest absolute Gasteiger partial charge is 0.0978 e. The molecule has 0 aromatic heterocycles. The van der Waals surface area contributed by atoms with Gasteiger partial charge in [-0.05, 0) is 6.42 Å². The molecule has 2 heterocycles. The van der Waals surface area contributed by atoms with Crippen molar-refractivity contribution >= 4 is 0 Å². The number of nitrogens with one attached hydrogen (secondary N) is 2. The maximum atomic E-state index is 2.41. The van der Waals surface area contributed by atoms with Gasteiger partial charge < -0.3 is 34.6 Å². The fraction of sp³-hybridized carbons (Fsp3) is 1.00. The van der Waals surface area contributed by atoms with E-state index in [1.54, 1.807) is 9.80 Å².